The smallest absolute Gasteiger partial charge is 0.355 e. The highest BCUT2D eigenvalue weighted by atomic mass is 35.5. The Kier molecular flexibility index (Phi) is 7.38. The Bertz CT molecular complexity index is 1350. The van der Waals surface area contributed by atoms with Crippen LogP contribution in [0.2, 0.25) is 5.02 Å². The van der Waals surface area contributed by atoms with Crippen LogP contribution in [-0.2, 0) is 13.1 Å². The lowest BCUT2D eigenvalue weighted by molar-refractivity contribution is 0.0785. The number of thiazole rings is 1. The summed E-state index contributed by atoms with van der Waals surface area (Å²) in [5, 5.41) is 24.7. The van der Waals surface area contributed by atoms with Gasteiger partial charge in [0.2, 0.25) is 5.95 Å². The Morgan fingerprint density at radius 1 is 1.09 bits per heavy atom. The number of hydrogen-bond donors (Lipinski definition) is 3. The normalized spacial score (nSPS) is 11.9. The summed E-state index contributed by atoms with van der Waals surface area (Å²) in [7, 11) is 0. The standard InChI is InChI=1S/C22H20ClN5O5S/c23-15-3-1-14(2-4-15)11-27-19(26-20(31)28(22(27)32)12-17(30)13-29)25-16-5-7-18(8-6-16)33-21-24-9-10-34-21/h1-10,17,29-30H,11-13H2,(H,25,26,31)/t17-/m1/s1. The third-order valence-electron chi connectivity index (χ3n) is 4.73. The molecule has 3 N–H and O–H groups in total. The molecule has 2 heterocycles. The number of ether oxygens (including phenoxy) is 1. The molecule has 1 atom stereocenters. The Hall–Kier alpha value is -3.51. The predicted molar refractivity (Wildman–Crippen MR) is 128 cm³/mol. The summed E-state index contributed by atoms with van der Waals surface area (Å²) in [4.78, 5) is 33.8. The van der Waals surface area contributed by atoms with Gasteiger partial charge in [0.1, 0.15) is 5.75 Å². The second kappa shape index (κ2) is 10.6. The van der Waals surface area contributed by atoms with Crippen LogP contribution in [0.15, 0.2) is 69.7 Å². The maximum absolute atomic E-state index is 13.2. The second-order valence-electron chi connectivity index (χ2n) is 7.21. The largest absolute Gasteiger partial charge is 0.431 e. The van der Waals surface area contributed by atoms with Crippen LogP contribution in [0.5, 0.6) is 10.9 Å². The predicted octanol–water partition coefficient (Wildman–Crippen LogP) is 2.45. The lowest BCUT2D eigenvalue weighted by atomic mass is 10.2. The molecule has 4 aromatic rings. The first-order chi connectivity index (χ1) is 16.4. The van der Waals surface area contributed by atoms with E-state index in [1.165, 1.54) is 15.9 Å². The van der Waals surface area contributed by atoms with E-state index in [1.807, 2.05) is 0 Å². The SMILES string of the molecule is O=c1nc(Nc2ccc(Oc3nccs3)cc2)n(Cc2ccc(Cl)cc2)c(=O)n1C[C@@H](O)CO. The number of anilines is 2. The van der Waals surface area contributed by atoms with Crippen molar-refractivity contribution in [3.63, 3.8) is 0 Å². The summed E-state index contributed by atoms with van der Waals surface area (Å²) in [6, 6.07) is 13.7. The first-order valence-electron chi connectivity index (χ1n) is 10.1. The highest BCUT2D eigenvalue weighted by molar-refractivity contribution is 7.11. The first-order valence-corrected chi connectivity index (χ1v) is 11.4. The molecule has 0 fully saturated rings. The van der Waals surface area contributed by atoms with Gasteiger partial charge in [-0.05, 0) is 42.0 Å². The number of benzene rings is 2. The summed E-state index contributed by atoms with van der Waals surface area (Å²) in [6.07, 6.45) is 0.365. The molecule has 0 bridgehead atoms. The van der Waals surface area contributed by atoms with E-state index in [9.17, 15) is 14.7 Å². The lowest BCUT2D eigenvalue weighted by Gasteiger charge is -2.17. The fourth-order valence-electron chi connectivity index (χ4n) is 3.06. The van der Waals surface area contributed by atoms with E-state index in [2.05, 4.69) is 15.3 Å². The third-order valence-corrected chi connectivity index (χ3v) is 5.63. The molecule has 0 radical (unpaired) electrons. The van der Waals surface area contributed by atoms with Gasteiger partial charge in [-0.2, -0.15) is 4.98 Å². The van der Waals surface area contributed by atoms with Gasteiger partial charge < -0.3 is 20.3 Å². The summed E-state index contributed by atoms with van der Waals surface area (Å²) >= 11 is 7.32. The van der Waals surface area contributed by atoms with Crippen molar-refractivity contribution in [1.29, 1.82) is 0 Å². The summed E-state index contributed by atoms with van der Waals surface area (Å²) in [6.45, 7) is -0.893. The average molecular weight is 502 g/mol. The Morgan fingerprint density at radius 3 is 2.47 bits per heavy atom. The van der Waals surface area contributed by atoms with E-state index in [4.69, 9.17) is 21.4 Å². The highest BCUT2D eigenvalue weighted by Crippen LogP contribution is 2.25. The van der Waals surface area contributed by atoms with Crippen LogP contribution < -0.4 is 21.4 Å². The quantitative estimate of drug-likeness (QED) is 0.319. The minimum Gasteiger partial charge on any atom is -0.431 e. The molecular weight excluding hydrogens is 482 g/mol. The molecule has 10 nitrogen and oxygen atoms in total. The molecule has 0 saturated carbocycles. The molecule has 0 aliphatic carbocycles. The van der Waals surface area contributed by atoms with Crippen LogP contribution in [0.3, 0.4) is 0 Å². The van der Waals surface area contributed by atoms with Crippen LogP contribution in [0, 0.1) is 0 Å². The summed E-state index contributed by atoms with van der Waals surface area (Å²) in [5.74, 6) is 0.591. The molecule has 176 valence electrons. The van der Waals surface area contributed by atoms with Crippen molar-refractivity contribution in [2.75, 3.05) is 11.9 Å². The summed E-state index contributed by atoms with van der Waals surface area (Å²) < 4.78 is 7.70. The molecule has 0 aliphatic heterocycles. The maximum atomic E-state index is 13.2. The zero-order chi connectivity index (χ0) is 24.1. The number of rotatable bonds is 9. The van der Waals surface area contributed by atoms with Gasteiger partial charge in [-0.15, -0.1) is 0 Å². The highest BCUT2D eigenvalue weighted by Gasteiger charge is 2.16. The molecule has 2 aromatic heterocycles. The van der Waals surface area contributed by atoms with Crippen molar-refractivity contribution in [3.8, 4) is 10.9 Å². The fraction of sp³-hybridized carbons (Fsp3) is 0.182. The minimum atomic E-state index is -1.28. The minimum absolute atomic E-state index is 0.0216. The maximum Gasteiger partial charge on any atom is 0.355 e. The number of nitrogens with one attached hydrogen (secondary N) is 1. The van der Waals surface area contributed by atoms with E-state index in [1.54, 1.807) is 60.1 Å². The zero-order valence-electron chi connectivity index (χ0n) is 17.7. The molecule has 34 heavy (non-hydrogen) atoms. The second-order valence-corrected chi connectivity index (χ2v) is 8.50. The van der Waals surface area contributed by atoms with Crippen molar-refractivity contribution in [3.05, 3.63) is 91.7 Å². The third kappa shape index (κ3) is 5.69. The van der Waals surface area contributed by atoms with Gasteiger partial charge in [-0.3, -0.25) is 4.57 Å². The summed E-state index contributed by atoms with van der Waals surface area (Å²) in [5.41, 5.74) is -0.225. The van der Waals surface area contributed by atoms with Crippen molar-refractivity contribution in [2.45, 2.75) is 19.2 Å². The van der Waals surface area contributed by atoms with Crippen LogP contribution in [-0.4, -0.2) is 42.0 Å². The van der Waals surface area contributed by atoms with Gasteiger partial charge in [0.05, 0.1) is 25.8 Å². The number of aromatic nitrogens is 4. The fourth-order valence-corrected chi connectivity index (χ4v) is 3.69. The number of nitrogens with zero attached hydrogens (tertiary/aromatic N) is 4. The van der Waals surface area contributed by atoms with Gasteiger partial charge >= 0.3 is 11.4 Å². The number of halogens is 1. The monoisotopic (exact) mass is 501 g/mol. The molecule has 0 spiro atoms. The molecule has 0 amide bonds. The average Bonchev–Trinajstić information content (AvgIpc) is 3.34. The Balaban J connectivity index is 1.66. The van der Waals surface area contributed by atoms with Crippen LogP contribution in [0.25, 0.3) is 0 Å². The first kappa shape index (κ1) is 23.6. The number of hydrogen-bond acceptors (Lipinski definition) is 9. The van der Waals surface area contributed by atoms with E-state index < -0.39 is 24.1 Å². The molecule has 2 aromatic carbocycles. The molecule has 4 rings (SSSR count). The van der Waals surface area contributed by atoms with Crippen LogP contribution >= 0.6 is 22.9 Å². The molecule has 0 unspecified atom stereocenters. The Morgan fingerprint density at radius 2 is 1.82 bits per heavy atom. The van der Waals surface area contributed by atoms with Gasteiger partial charge in [-0.1, -0.05) is 35.1 Å². The van der Waals surface area contributed by atoms with Crippen LogP contribution in [0.4, 0.5) is 11.6 Å². The molecular formula is C22H20ClN5O5S. The number of aliphatic hydroxyl groups is 2. The molecule has 0 aliphatic rings. The van der Waals surface area contributed by atoms with Gasteiger partial charge in [-0.25, -0.2) is 19.1 Å². The van der Waals surface area contributed by atoms with Crippen molar-refractivity contribution in [2.24, 2.45) is 0 Å². The molecule has 0 saturated heterocycles. The lowest BCUT2D eigenvalue weighted by Crippen LogP contribution is -2.45. The Labute approximate surface area is 202 Å². The van der Waals surface area contributed by atoms with E-state index >= 15 is 0 Å². The topological polar surface area (TPSA) is 132 Å². The van der Waals surface area contributed by atoms with E-state index in [-0.39, 0.29) is 19.0 Å². The van der Waals surface area contributed by atoms with Gasteiger partial charge in [0.15, 0.2) is 0 Å². The number of aliphatic hydroxyl groups excluding tert-OH is 2. The molecule has 12 heteroatoms. The van der Waals surface area contributed by atoms with Crippen molar-refractivity contribution in [1.82, 2.24) is 19.1 Å². The van der Waals surface area contributed by atoms with E-state index in [0.717, 1.165) is 10.1 Å². The van der Waals surface area contributed by atoms with Gasteiger partial charge in [0, 0.05) is 22.3 Å². The van der Waals surface area contributed by atoms with E-state index in [0.29, 0.717) is 21.7 Å². The van der Waals surface area contributed by atoms with Crippen molar-refractivity contribution < 1.29 is 14.9 Å². The zero-order valence-corrected chi connectivity index (χ0v) is 19.2. The van der Waals surface area contributed by atoms with Crippen LogP contribution in [0.1, 0.15) is 5.56 Å². The van der Waals surface area contributed by atoms with Crippen molar-refractivity contribution >= 4 is 34.6 Å². The van der Waals surface area contributed by atoms with Gasteiger partial charge in [0.25, 0.3) is 5.19 Å².